The molecule has 0 bridgehead atoms. The number of likely N-dealkylation sites (N-methyl/N-ethyl adjacent to an activating group) is 1. The first-order valence-electron chi connectivity index (χ1n) is 7.60. The average Bonchev–Trinajstić information content (AvgIpc) is 2.81. The lowest BCUT2D eigenvalue weighted by atomic mass is 10.1. The largest absolute Gasteiger partial charge is 0.493 e. The number of nitrogens with zero attached hydrogens (tertiary/aromatic N) is 1. The zero-order valence-corrected chi connectivity index (χ0v) is 15.4. The minimum absolute atomic E-state index is 0.0404. The number of carbonyl (C=O) groups excluding carboxylic acids is 1. The van der Waals surface area contributed by atoms with Crippen LogP contribution in [0, 0.1) is 0 Å². The number of rotatable bonds is 6. The fourth-order valence-corrected chi connectivity index (χ4v) is 3.48. The lowest BCUT2D eigenvalue weighted by molar-refractivity contribution is -0.121. The number of hydrogen-bond donors (Lipinski definition) is 0. The van der Waals surface area contributed by atoms with Gasteiger partial charge in [-0.15, -0.1) is 0 Å². The van der Waals surface area contributed by atoms with Gasteiger partial charge in [-0.3, -0.25) is 9.69 Å². The number of benzene rings is 1. The van der Waals surface area contributed by atoms with Gasteiger partial charge in [-0.05, 0) is 44.0 Å². The van der Waals surface area contributed by atoms with Crippen LogP contribution in [0.25, 0.3) is 6.08 Å². The van der Waals surface area contributed by atoms with Gasteiger partial charge < -0.3 is 9.47 Å². The molecule has 1 saturated heterocycles. The van der Waals surface area contributed by atoms with Crippen molar-refractivity contribution in [1.29, 1.82) is 0 Å². The minimum atomic E-state index is -0.0404. The van der Waals surface area contributed by atoms with Crippen molar-refractivity contribution in [3.05, 3.63) is 28.7 Å². The van der Waals surface area contributed by atoms with Crippen molar-refractivity contribution in [2.75, 3.05) is 13.7 Å². The predicted octanol–water partition coefficient (Wildman–Crippen LogP) is 4.09. The predicted molar refractivity (Wildman–Crippen MR) is 98.9 cm³/mol. The van der Waals surface area contributed by atoms with Crippen LogP contribution in [0.5, 0.6) is 11.5 Å². The summed E-state index contributed by atoms with van der Waals surface area (Å²) in [6, 6.07) is 5.66. The molecular weight excluding hydrogens is 330 g/mol. The summed E-state index contributed by atoms with van der Waals surface area (Å²) in [5.74, 6) is 1.33. The van der Waals surface area contributed by atoms with Crippen LogP contribution in [0.2, 0.25) is 0 Å². The van der Waals surface area contributed by atoms with Crippen LogP contribution in [-0.2, 0) is 4.79 Å². The fraction of sp³-hybridized carbons (Fsp3) is 0.412. The Kier molecular flexibility index (Phi) is 6.07. The molecule has 1 fully saturated rings. The van der Waals surface area contributed by atoms with Crippen LogP contribution >= 0.6 is 24.0 Å². The summed E-state index contributed by atoms with van der Waals surface area (Å²) < 4.78 is 11.8. The summed E-state index contributed by atoms with van der Waals surface area (Å²) in [6.45, 7) is 6.59. The Morgan fingerprint density at radius 3 is 2.65 bits per heavy atom. The van der Waals surface area contributed by atoms with Crippen molar-refractivity contribution in [2.24, 2.45) is 0 Å². The molecule has 1 atom stereocenters. The molecule has 0 saturated carbocycles. The van der Waals surface area contributed by atoms with E-state index in [0.29, 0.717) is 27.3 Å². The fourth-order valence-electron chi connectivity index (χ4n) is 2.10. The standard InChI is InChI=1S/C17H21NO3S2/c1-5-11(3)21-13-8-7-12(9-14(13)20-4)10-15-16(19)18(6-2)17(22)23-15/h7-11H,5-6H2,1-4H3/b15-10+/t11-/m0/s1. The second-order valence-electron chi connectivity index (χ2n) is 5.17. The van der Waals surface area contributed by atoms with E-state index in [1.165, 1.54) is 11.8 Å². The highest BCUT2D eigenvalue weighted by Crippen LogP contribution is 2.34. The molecule has 1 heterocycles. The van der Waals surface area contributed by atoms with Gasteiger partial charge >= 0.3 is 0 Å². The van der Waals surface area contributed by atoms with E-state index in [1.54, 1.807) is 12.0 Å². The Balaban J connectivity index is 2.26. The molecule has 0 unspecified atom stereocenters. The van der Waals surface area contributed by atoms with Crippen LogP contribution in [0.4, 0.5) is 0 Å². The molecular formula is C17H21NO3S2. The van der Waals surface area contributed by atoms with Crippen molar-refractivity contribution in [1.82, 2.24) is 4.90 Å². The van der Waals surface area contributed by atoms with Crippen molar-refractivity contribution in [3.63, 3.8) is 0 Å². The molecule has 23 heavy (non-hydrogen) atoms. The molecule has 1 aromatic carbocycles. The van der Waals surface area contributed by atoms with E-state index >= 15 is 0 Å². The Morgan fingerprint density at radius 2 is 2.09 bits per heavy atom. The molecule has 1 amide bonds. The van der Waals surface area contributed by atoms with E-state index in [9.17, 15) is 4.79 Å². The van der Waals surface area contributed by atoms with Gasteiger partial charge in [0.15, 0.2) is 11.5 Å². The topological polar surface area (TPSA) is 38.8 Å². The third kappa shape index (κ3) is 4.06. The van der Waals surface area contributed by atoms with Crippen LogP contribution < -0.4 is 9.47 Å². The second kappa shape index (κ2) is 7.84. The molecule has 0 radical (unpaired) electrons. The van der Waals surface area contributed by atoms with E-state index < -0.39 is 0 Å². The summed E-state index contributed by atoms with van der Waals surface area (Å²) in [5.41, 5.74) is 0.884. The van der Waals surface area contributed by atoms with Crippen molar-refractivity contribution >= 4 is 40.3 Å². The zero-order valence-electron chi connectivity index (χ0n) is 13.8. The highest BCUT2D eigenvalue weighted by molar-refractivity contribution is 8.26. The van der Waals surface area contributed by atoms with Gasteiger partial charge in [-0.25, -0.2) is 0 Å². The summed E-state index contributed by atoms with van der Waals surface area (Å²) in [6.07, 6.45) is 2.88. The van der Waals surface area contributed by atoms with Crippen LogP contribution in [0.1, 0.15) is 32.8 Å². The first-order chi connectivity index (χ1) is 11.0. The van der Waals surface area contributed by atoms with Gasteiger partial charge in [-0.2, -0.15) is 0 Å². The Hall–Kier alpha value is -1.53. The van der Waals surface area contributed by atoms with Crippen LogP contribution in [0.15, 0.2) is 23.1 Å². The highest BCUT2D eigenvalue weighted by atomic mass is 32.2. The highest BCUT2D eigenvalue weighted by Gasteiger charge is 2.30. The van der Waals surface area contributed by atoms with Crippen molar-refractivity contribution in [2.45, 2.75) is 33.3 Å². The van der Waals surface area contributed by atoms with Crippen LogP contribution in [-0.4, -0.2) is 34.9 Å². The Morgan fingerprint density at radius 1 is 1.35 bits per heavy atom. The number of amides is 1. The molecule has 1 aliphatic heterocycles. The lowest BCUT2D eigenvalue weighted by Gasteiger charge is -2.15. The third-order valence-electron chi connectivity index (χ3n) is 3.58. The molecule has 0 aromatic heterocycles. The molecule has 2 rings (SSSR count). The molecule has 0 N–H and O–H groups in total. The molecule has 1 aromatic rings. The molecule has 4 nitrogen and oxygen atoms in total. The van der Waals surface area contributed by atoms with Gasteiger partial charge in [-0.1, -0.05) is 37.0 Å². The number of ether oxygens (including phenoxy) is 2. The summed E-state index contributed by atoms with van der Waals surface area (Å²) in [4.78, 5) is 14.5. The van der Waals surface area contributed by atoms with E-state index in [0.717, 1.165) is 12.0 Å². The maximum absolute atomic E-state index is 12.3. The first kappa shape index (κ1) is 17.8. The van der Waals surface area contributed by atoms with Crippen molar-refractivity contribution < 1.29 is 14.3 Å². The maximum atomic E-state index is 12.3. The maximum Gasteiger partial charge on any atom is 0.266 e. The average molecular weight is 351 g/mol. The Labute approximate surface area is 146 Å². The minimum Gasteiger partial charge on any atom is -0.493 e. The van der Waals surface area contributed by atoms with Gasteiger partial charge in [0, 0.05) is 6.54 Å². The van der Waals surface area contributed by atoms with Gasteiger partial charge in [0.25, 0.3) is 5.91 Å². The molecule has 0 spiro atoms. The Bertz CT molecular complexity index is 643. The number of thiocarbonyl (C=S) groups is 1. The molecule has 124 valence electrons. The summed E-state index contributed by atoms with van der Waals surface area (Å²) >= 11 is 6.55. The van der Waals surface area contributed by atoms with Gasteiger partial charge in [0.05, 0.1) is 18.1 Å². The van der Waals surface area contributed by atoms with E-state index in [-0.39, 0.29) is 12.0 Å². The smallest absolute Gasteiger partial charge is 0.266 e. The molecule has 6 heteroatoms. The van der Waals surface area contributed by atoms with Crippen LogP contribution in [0.3, 0.4) is 0 Å². The summed E-state index contributed by atoms with van der Waals surface area (Å²) in [7, 11) is 1.61. The quantitative estimate of drug-likeness (QED) is 0.570. The van der Waals surface area contributed by atoms with E-state index in [2.05, 4.69) is 6.92 Å². The molecule has 0 aliphatic carbocycles. The lowest BCUT2D eigenvalue weighted by Crippen LogP contribution is -2.27. The molecule has 1 aliphatic rings. The third-order valence-corrected chi connectivity index (χ3v) is 4.96. The number of carbonyl (C=O) groups is 1. The van der Waals surface area contributed by atoms with Crippen molar-refractivity contribution in [3.8, 4) is 11.5 Å². The first-order valence-corrected chi connectivity index (χ1v) is 8.82. The monoisotopic (exact) mass is 351 g/mol. The van der Waals surface area contributed by atoms with E-state index in [4.69, 9.17) is 21.7 Å². The zero-order chi connectivity index (χ0) is 17.0. The normalized spacial score (nSPS) is 17.7. The van der Waals surface area contributed by atoms with Gasteiger partial charge in [0.2, 0.25) is 0 Å². The summed E-state index contributed by atoms with van der Waals surface area (Å²) in [5, 5.41) is 0. The second-order valence-corrected chi connectivity index (χ2v) is 6.85. The number of thioether (sulfide) groups is 1. The van der Waals surface area contributed by atoms with E-state index in [1.807, 2.05) is 38.1 Å². The number of hydrogen-bond acceptors (Lipinski definition) is 5. The number of methoxy groups -OCH3 is 1. The van der Waals surface area contributed by atoms with Gasteiger partial charge in [0.1, 0.15) is 4.32 Å². The SMILES string of the molecule is CC[C@H](C)Oc1ccc(/C=C2/SC(=S)N(CC)C2=O)cc1OC.